The predicted octanol–water partition coefficient (Wildman–Crippen LogP) is 2.60. The summed E-state index contributed by atoms with van der Waals surface area (Å²) >= 11 is 0. The molecule has 138 valence electrons. The highest BCUT2D eigenvalue weighted by Crippen LogP contribution is 2.42. The molecule has 0 saturated carbocycles. The van der Waals surface area contributed by atoms with Crippen molar-refractivity contribution in [1.82, 2.24) is 0 Å². The van der Waals surface area contributed by atoms with E-state index >= 15 is 0 Å². The van der Waals surface area contributed by atoms with Crippen molar-refractivity contribution in [3.8, 4) is 0 Å². The summed E-state index contributed by atoms with van der Waals surface area (Å²) in [4.78, 5) is 0. The second-order valence-corrected chi connectivity index (χ2v) is 7.70. The van der Waals surface area contributed by atoms with Crippen LogP contribution in [0.15, 0.2) is 30.3 Å². The zero-order valence-electron chi connectivity index (χ0n) is 15.1. The third-order valence-corrected chi connectivity index (χ3v) is 4.70. The van der Waals surface area contributed by atoms with Gasteiger partial charge in [-0.1, -0.05) is 30.3 Å². The fourth-order valence-electron chi connectivity index (χ4n) is 3.65. The summed E-state index contributed by atoms with van der Waals surface area (Å²) in [6.45, 7) is 8.55. The molecular formula is C19H26O6. The Labute approximate surface area is 148 Å². The molecule has 6 nitrogen and oxygen atoms in total. The predicted molar refractivity (Wildman–Crippen MR) is 88.6 cm³/mol. The molecule has 0 amide bonds. The average Bonchev–Trinajstić information content (AvgIpc) is 3.17. The molecule has 0 N–H and O–H groups in total. The van der Waals surface area contributed by atoms with Crippen LogP contribution in [0.1, 0.15) is 33.3 Å². The molecule has 0 bridgehead atoms. The minimum Gasteiger partial charge on any atom is -0.348 e. The Morgan fingerprint density at radius 2 is 1.64 bits per heavy atom. The molecule has 3 fully saturated rings. The fraction of sp³-hybridized carbons (Fsp3) is 0.684. The first-order valence-electron chi connectivity index (χ1n) is 8.81. The molecule has 3 aliphatic rings. The maximum atomic E-state index is 6.14. The molecule has 0 spiro atoms. The molecule has 0 aromatic heterocycles. The molecule has 25 heavy (non-hydrogen) atoms. The lowest BCUT2D eigenvalue weighted by atomic mass is 10.1. The first-order valence-corrected chi connectivity index (χ1v) is 8.81. The maximum absolute atomic E-state index is 6.14. The van der Waals surface area contributed by atoms with E-state index in [1.165, 1.54) is 0 Å². The summed E-state index contributed by atoms with van der Waals surface area (Å²) in [7, 11) is 0. The van der Waals surface area contributed by atoms with Gasteiger partial charge in [-0.2, -0.15) is 0 Å². The van der Waals surface area contributed by atoms with Crippen molar-refractivity contribution in [2.45, 2.75) is 76.6 Å². The Kier molecular flexibility index (Phi) is 4.38. The Morgan fingerprint density at radius 3 is 2.32 bits per heavy atom. The van der Waals surface area contributed by atoms with Crippen molar-refractivity contribution in [2.24, 2.45) is 0 Å². The normalized spacial score (nSPS) is 38.8. The van der Waals surface area contributed by atoms with Gasteiger partial charge in [0, 0.05) is 0 Å². The number of hydrogen-bond acceptors (Lipinski definition) is 6. The van der Waals surface area contributed by atoms with Gasteiger partial charge in [0.2, 0.25) is 0 Å². The smallest absolute Gasteiger partial charge is 0.187 e. The highest BCUT2D eigenvalue weighted by Gasteiger charge is 2.59. The third kappa shape index (κ3) is 3.60. The minimum absolute atomic E-state index is 0.203. The van der Waals surface area contributed by atoms with Crippen LogP contribution in [-0.2, 0) is 35.0 Å². The van der Waals surface area contributed by atoms with Gasteiger partial charge in [-0.3, -0.25) is 0 Å². The van der Waals surface area contributed by atoms with Crippen LogP contribution in [0.4, 0.5) is 0 Å². The van der Waals surface area contributed by atoms with Crippen molar-refractivity contribution in [2.75, 3.05) is 6.61 Å². The molecule has 3 heterocycles. The van der Waals surface area contributed by atoms with Crippen molar-refractivity contribution in [1.29, 1.82) is 0 Å². The first kappa shape index (κ1) is 17.4. The monoisotopic (exact) mass is 350 g/mol. The summed E-state index contributed by atoms with van der Waals surface area (Å²) < 4.78 is 36.0. The average molecular weight is 350 g/mol. The summed E-state index contributed by atoms with van der Waals surface area (Å²) in [5, 5.41) is 0. The summed E-state index contributed by atoms with van der Waals surface area (Å²) in [6.07, 6.45) is -1.50. The van der Waals surface area contributed by atoms with Gasteiger partial charge in [-0.05, 0) is 33.3 Å². The van der Waals surface area contributed by atoms with E-state index < -0.39 is 17.9 Å². The van der Waals surface area contributed by atoms with Crippen LogP contribution < -0.4 is 0 Å². The van der Waals surface area contributed by atoms with Crippen LogP contribution in [-0.4, -0.2) is 48.9 Å². The Hall–Kier alpha value is -1.02. The fourth-order valence-corrected chi connectivity index (χ4v) is 3.65. The zero-order chi connectivity index (χ0) is 17.7. The highest BCUT2D eigenvalue weighted by atomic mass is 16.8. The van der Waals surface area contributed by atoms with Gasteiger partial charge in [0.15, 0.2) is 17.9 Å². The lowest BCUT2D eigenvalue weighted by Crippen LogP contribution is -2.40. The molecule has 0 radical (unpaired) electrons. The van der Waals surface area contributed by atoms with E-state index in [1.54, 1.807) is 0 Å². The number of ether oxygens (including phenoxy) is 6. The molecule has 5 atom stereocenters. The van der Waals surface area contributed by atoms with Crippen molar-refractivity contribution in [3.05, 3.63) is 35.9 Å². The van der Waals surface area contributed by atoms with E-state index in [1.807, 2.05) is 58.0 Å². The standard InChI is InChI=1S/C19H26O6/c1-18(2)21-11-13(23-18)14-15-16(25-19(3,4)24-15)17(22-14)20-10-12-8-6-5-7-9-12/h5-9,13-17H,10-11H2,1-4H3/t13?,14-,15?,16-,17+/m0/s1. The Balaban J connectivity index is 1.47. The highest BCUT2D eigenvalue weighted by molar-refractivity contribution is 5.13. The summed E-state index contributed by atoms with van der Waals surface area (Å²) in [5.41, 5.74) is 1.09. The second kappa shape index (κ2) is 6.30. The van der Waals surface area contributed by atoms with Gasteiger partial charge < -0.3 is 28.4 Å². The van der Waals surface area contributed by atoms with E-state index in [4.69, 9.17) is 28.4 Å². The van der Waals surface area contributed by atoms with E-state index in [-0.39, 0.29) is 24.4 Å². The van der Waals surface area contributed by atoms with Gasteiger partial charge in [0.1, 0.15) is 24.4 Å². The molecule has 2 unspecified atom stereocenters. The van der Waals surface area contributed by atoms with Crippen LogP contribution in [0.3, 0.4) is 0 Å². The number of hydrogen-bond donors (Lipinski definition) is 0. The molecule has 3 saturated heterocycles. The van der Waals surface area contributed by atoms with Gasteiger partial charge >= 0.3 is 0 Å². The van der Waals surface area contributed by atoms with Gasteiger partial charge in [0.25, 0.3) is 0 Å². The van der Waals surface area contributed by atoms with E-state index in [0.717, 1.165) is 5.56 Å². The Morgan fingerprint density at radius 1 is 0.920 bits per heavy atom. The molecule has 4 rings (SSSR count). The Bertz CT molecular complexity index is 601. The van der Waals surface area contributed by atoms with Crippen LogP contribution in [0.2, 0.25) is 0 Å². The first-order chi connectivity index (χ1) is 11.8. The van der Waals surface area contributed by atoms with E-state index in [9.17, 15) is 0 Å². The van der Waals surface area contributed by atoms with E-state index in [2.05, 4.69) is 0 Å². The largest absolute Gasteiger partial charge is 0.348 e. The summed E-state index contributed by atoms with van der Waals surface area (Å²) in [6, 6.07) is 10.0. The molecule has 6 heteroatoms. The summed E-state index contributed by atoms with van der Waals surface area (Å²) in [5.74, 6) is -1.28. The third-order valence-electron chi connectivity index (χ3n) is 4.70. The lowest BCUT2D eigenvalue weighted by molar-refractivity contribution is -0.250. The van der Waals surface area contributed by atoms with Crippen LogP contribution >= 0.6 is 0 Å². The second-order valence-electron chi connectivity index (χ2n) is 7.70. The maximum Gasteiger partial charge on any atom is 0.187 e. The number of rotatable bonds is 4. The van der Waals surface area contributed by atoms with Gasteiger partial charge in [-0.15, -0.1) is 0 Å². The van der Waals surface area contributed by atoms with Gasteiger partial charge in [-0.25, -0.2) is 0 Å². The van der Waals surface area contributed by atoms with Crippen molar-refractivity contribution < 1.29 is 28.4 Å². The molecule has 3 aliphatic heterocycles. The van der Waals surface area contributed by atoms with Crippen LogP contribution in [0.5, 0.6) is 0 Å². The van der Waals surface area contributed by atoms with Crippen molar-refractivity contribution in [3.63, 3.8) is 0 Å². The van der Waals surface area contributed by atoms with E-state index in [0.29, 0.717) is 13.2 Å². The lowest BCUT2D eigenvalue weighted by Gasteiger charge is -2.27. The SMILES string of the molecule is CC1(C)OCC([C@@H]2O[C@@H](OCc3ccccc3)[C@H]3OC(C)(C)OC23)O1. The zero-order valence-corrected chi connectivity index (χ0v) is 15.1. The number of fused-ring (bicyclic) bond motifs is 1. The topological polar surface area (TPSA) is 55.4 Å². The van der Waals surface area contributed by atoms with Crippen molar-refractivity contribution >= 4 is 0 Å². The van der Waals surface area contributed by atoms with Crippen LogP contribution in [0.25, 0.3) is 0 Å². The molecule has 0 aliphatic carbocycles. The quantitative estimate of drug-likeness (QED) is 0.832. The van der Waals surface area contributed by atoms with Crippen LogP contribution in [0, 0.1) is 0 Å². The minimum atomic E-state index is -0.666. The molecular weight excluding hydrogens is 324 g/mol. The molecule has 1 aromatic rings. The molecule has 1 aromatic carbocycles. The van der Waals surface area contributed by atoms with Gasteiger partial charge in [0.05, 0.1) is 13.2 Å². The number of benzene rings is 1.